The molecule has 96 valence electrons. The molecule has 1 aliphatic rings. The lowest BCUT2D eigenvalue weighted by molar-refractivity contribution is 0.102. The van der Waals surface area contributed by atoms with Crippen molar-refractivity contribution in [3.8, 4) is 0 Å². The van der Waals surface area contributed by atoms with Gasteiger partial charge in [-0.2, -0.15) is 0 Å². The number of hydrogen-bond donors (Lipinski definition) is 1. The molecular formula is C14H23NOS. The largest absolute Gasteiger partial charge is 0.396 e. The van der Waals surface area contributed by atoms with Gasteiger partial charge >= 0.3 is 0 Å². The summed E-state index contributed by atoms with van der Waals surface area (Å²) in [4.78, 5) is 3.98. The van der Waals surface area contributed by atoms with E-state index in [9.17, 15) is 5.11 Å². The molecule has 0 radical (unpaired) electrons. The molecule has 0 bridgehead atoms. The van der Waals surface area contributed by atoms with Crippen LogP contribution in [0, 0.1) is 5.92 Å². The molecule has 0 aliphatic carbocycles. The van der Waals surface area contributed by atoms with Crippen molar-refractivity contribution in [1.82, 2.24) is 4.90 Å². The molecule has 17 heavy (non-hydrogen) atoms. The quantitative estimate of drug-likeness (QED) is 0.872. The zero-order chi connectivity index (χ0) is 12.1. The second-order valence-corrected chi connectivity index (χ2v) is 5.99. The van der Waals surface area contributed by atoms with Crippen molar-refractivity contribution in [3.63, 3.8) is 0 Å². The van der Waals surface area contributed by atoms with Crippen LogP contribution in [0.2, 0.25) is 0 Å². The van der Waals surface area contributed by atoms with Crippen molar-refractivity contribution in [2.24, 2.45) is 5.92 Å². The topological polar surface area (TPSA) is 23.5 Å². The number of rotatable bonds is 5. The number of thiophene rings is 1. The van der Waals surface area contributed by atoms with Gasteiger partial charge in [0.05, 0.1) is 0 Å². The first-order valence-corrected chi connectivity index (χ1v) is 7.59. The molecule has 2 heterocycles. The van der Waals surface area contributed by atoms with Gasteiger partial charge in [-0.1, -0.05) is 19.4 Å². The fraction of sp³-hybridized carbons (Fsp3) is 0.714. The van der Waals surface area contributed by atoms with Gasteiger partial charge in [0.2, 0.25) is 0 Å². The molecule has 2 rings (SSSR count). The van der Waals surface area contributed by atoms with Crippen molar-refractivity contribution in [1.29, 1.82) is 0 Å². The highest BCUT2D eigenvalue weighted by Crippen LogP contribution is 2.35. The lowest BCUT2D eigenvalue weighted by atomic mass is 9.85. The summed E-state index contributed by atoms with van der Waals surface area (Å²) in [6.07, 6.45) is 3.74. The van der Waals surface area contributed by atoms with Crippen LogP contribution in [-0.4, -0.2) is 36.2 Å². The number of hydrogen-bond acceptors (Lipinski definition) is 3. The van der Waals surface area contributed by atoms with E-state index < -0.39 is 0 Å². The predicted octanol–water partition coefficient (Wildman–Crippen LogP) is 2.95. The molecule has 0 amide bonds. The SMILES string of the molecule is CCCCN1CCC(c2cccs2)C(CO)C1. The van der Waals surface area contributed by atoms with Gasteiger partial charge in [-0.3, -0.25) is 0 Å². The first-order chi connectivity index (χ1) is 8.35. The molecule has 0 aromatic carbocycles. The van der Waals surface area contributed by atoms with E-state index in [4.69, 9.17) is 0 Å². The van der Waals surface area contributed by atoms with Crippen LogP contribution in [0.15, 0.2) is 17.5 Å². The minimum Gasteiger partial charge on any atom is -0.396 e. The van der Waals surface area contributed by atoms with Crippen LogP contribution in [0.1, 0.15) is 37.0 Å². The summed E-state index contributed by atoms with van der Waals surface area (Å²) in [7, 11) is 0. The number of aliphatic hydroxyl groups excluding tert-OH is 1. The van der Waals surface area contributed by atoms with Crippen LogP contribution >= 0.6 is 11.3 Å². The van der Waals surface area contributed by atoms with E-state index in [1.54, 1.807) is 0 Å². The fourth-order valence-corrected chi connectivity index (χ4v) is 3.71. The molecule has 1 aliphatic heterocycles. The molecule has 0 spiro atoms. The summed E-state index contributed by atoms with van der Waals surface area (Å²) in [6.45, 7) is 6.02. The Balaban J connectivity index is 1.94. The van der Waals surface area contributed by atoms with Crippen LogP contribution < -0.4 is 0 Å². The normalized spacial score (nSPS) is 26.2. The number of nitrogens with zero attached hydrogens (tertiary/aromatic N) is 1. The molecule has 2 atom stereocenters. The van der Waals surface area contributed by atoms with E-state index in [-0.39, 0.29) is 0 Å². The van der Waals surface area contributed by atoms with E-state index in [1.807, 2.05) is 11.3 Å². The minimum atomic E-state index is 0.325. The molecule has 1 saturated heterocycles. The van der Waals surface area contributed by atoms with Gasteiger partial charge in [-0.05, 0) is 37.4 Å². The van der Waals surface area contributed by atoms with Crippen LogP contribution in [0.3, 0.4) is 0 Å². The first kappa shape index (κ1) is 13.1. The average Bonchev–Trinajstić information content (AvgIpc) is 2.89. The summed E-state index contributed by atoms with van der Waals surface area (Å²) in [5, 5.41) is 11.7. The van der Waals surface area contributed by atoms with Gasteiger partial charge in [0.1, 0.15) is 0 Å². The van der Waals surface area contributed by atoms with Gasteiger partial charge in [0.25, 0.3) is 0 Å². The molecule has 1 fully saturated rings. The fourth-order valence-electron chi connectivity index (χ4n) is 2.75. The molecule has 1 aromatic rings. The molecule has 3 heteroatoms. The number of piperidine rings is 1. The Bertz CT molecular complexity index is 312. The third-order valence-corrected chi connectivity index (χ3v) is 4.79. The maximum absolute atomic E-state index is 9.58. The second-order valence-electron chi connectivity index (χ2n) is 5.01. The summed E-state index contributed by atoms with van der Waals surface area (Å²) in [6, 6.07) is 4.34. The maximum atomic E-state index is 9.58. The van der Waals surface area contributed by atoms with E-state index in [2.05, 4.69) is 29.3 Å². The van der Waals surface area contributed by atoms with Gasteiger partial charge in [-0.15, -0.1) is 11.3 Å². The van der Waals surface area contributed by atoms with Crippen molar-refractivity contribution in [2.45, 2.75) is 32.1 Å². The molecular weight excluding hydrogens is 230 g/mol. The van der Waals surface area contributed by atoms with Crippen LogP contribution in [0.5, 0.6) is 0 Å². The Labute approximate surface area is 108 Å². The predicted molar refractivity (Wildman–Crippen MR) is 73.6 cm³/mol. The van der Waals surface area contributed by atoms with Crippen LogP contribution in [0.4, 0.5) is 0 Å². The minimum absolute atomic E-state index is 0.325. The summed E-state index contributed by atoms with van der Waals surface area (Å²) < 4.78 is 0. The second kappa shape index (κ2) is 6.53. The molecule has 2 nitrogen and oxygen atoms in total. The molecule has 1 N–H and O–H groups in total. The highest BCUT2D eigenvalue weighted by Gasteiger charge is 2.29. The van der Waals surface area contributed by atoms with Gasteiger partial charge in [-0.25, -0.2) is 0 Å². The summed E-state index contributed by atoms with van der Waals surface area (Å²) in [5.41, 5.74) is 0. The number of aliphatic hydroxyl groups is 1. The third kappa shape index (κ3) is 3.30. The lowest BCUT2D eigenvalue weighted by Crippen LogP contribution is -2.41. The third-order valence-electron chi connectivity index (χ3n) is 3.79. The summed E-state index contributed by atoms with van der Waals surface area (Å²) in [5.74, 6) is 1.01. The highest BCUT2D eigenvalue weighted by molar-refractivity contribution is 7.10. The highest BCUT2D eigenvalue weighted by atomic mass is 32.1. The lowest BCUT2D eigenvalue weighted by Gasteiger charge is -2.37. The average molecular weight is 253 g/mol. The molecule has 0 saturated carbocycles. The number of likely N-dealkylation sites (tertiary alicyclic amines) is 1. The van der Waals surface area contributed by atoms with Gasteiger partial charge in [0.15, 0.2) is 0 Å². The zero-order valence-corrected chi connectivity index (χ0v) is 11.5. The van der Waals surface area contributed by atoms with Crippen LogP contribution in [-0.2, 0) is 0 Å². The Morgan fingerprint density at radius 1 is 1.53 bits per heavy atom. The molecule has 2 unspecified atom stereocenters. The Hall–Kier alpha value is -0.380. The van der Waals surface area contributed by atoms with Crippen LogP contribution in [0.25, 0.3) is 0 Å². The van der Waals surface area contributed by atoms with Crippen molar-refractivity contribution in [2.75, 3.05) is 26.2 Å². The maximum Gasteiger partial charge on any atom is 0.0477 e. The van der Waals surface area contributed by atoms with Crippen molar-refractivity contribution in [3.05, 3.63) is 22.4 Å². The first-order valence-electron chi connectivity index (χ1n) is 6.71. The van der Waals surface area contributed by atoms with E-state index in [0.717, 1.165) is 6.54 Å². The Kier molecular flexibility index (Phi) is 5.01. The van der Waals surface area contributed by atoms with Crippen molar-refractivity contribution >= 4 is 11.3 Å². The van der Waals surface area contributed by atoms with Gasteiger partial charge in [0, 0.05) is 29.9 Å². The zero-order valence-electron chi connectivity index (χ0n) is 10.6. The van der Waals surface area contributed by atoms with E-state index >= 15 is 0 Å². The van der Waals surface area contributed by atoms with E-state index in [0.29, 0.717) is 18.4 Å². The monoisotopic (exact) mass is 253 g/mol. The standard InChI is InChI=1S/C14H23NOS/c1-2-3-7-15-8-6-13(12(10-15)11-16)14-5-4-9-17-14/h4-5,9,12-13,16H,2-3,6-8,10-11H2,1H3. The number of unbranched alkanes of at least 4 members (excludes halogenated alkanes) is 1. The Morgan fingerprint density at radius 2 is 2.41 bits per heavy atom. The molecule has 1 aromatic heterocycles. The van der Waals surface area contributed by atoms with E-state index in [1.165, 1.54) is 37.2 Å². The smallest absolute Gasteiger partial charge is 0.0477 e. The summed E-state index contributed by atoms with van der Waals surface area (Å²) >= 11 is 1.84. The van der Waals surface area contributed by atoms with Gasteiger partial charge < -0.3 is 10.0 Å². The Morgan fingerprint density at radius 3 is 3.06 bits per heavy atom. The van der Waals surface area contributed by atoms with Crippen molar-refractivity contribution < 1.29 is 5.11 Å².